The molecule has 3 saturated carbocycles. The van der Waals surface area contributed by atoms with Crippen molar-refractivity contribution in [3.63, 3.8) is 0 Å². The minimum Gasteiger partial charge on any atom is -0.411 e. The third kappa shape index (κ3) is 1.90. The molecule has 4 aliphatic rings. The molecule has 3 N–H and O–H groups in total. The van der Waals surface area contributed by atoms with Crippen molar-refractivity contribution in [2.75, 3.05) is 0 Å². The Kier molecular flexibility index (Phi) is 3.51. The fourth-order valence-corrected chi connectivity index (χ4v) is 6.82. The summed E-state index contributed by atoms with van der Waals surface area (Å²) in [5.41, 5.74) is 1.02. The lowest BCUT2D eigenvalue weighted by Gasteiger charge is -2.58. The summed E-state index contributed by atoms with van der Waals surface area (Å²) in [7, 11) is 0. The van der Waals surface area contributed by atoms with Crippen LogP contribution >= 0.6 is 0 Å². The Morgan fingerprint density at radius 1 is 1.08 bits per heavy atom. The first-order valence-corrected chi connectivity index (χ1v) is 9.55. The second kappa shape index (κ2) is 5.07. The van der Waals surface area contributed by atoms with Gasteiger partial charge in [-0.25, -0.2) is 0 Å². The summed E-state index contributed by atoms with van der Waals surface area (Å²) in [5.74, 6) is 1.54. The second-order valence-corrected chi connectivity index (χ2v) is 9.44. The number of rotatable bonds is 0. The Hall–Kier alpha value is -0.870. The fourth-order valence-electron chi connectivity index (χ4n) is 6.82. The lowest BCUT2D eigenvalue weighted by molar-refractivity contribution is -0.101. The Morgan fingerprint density at radius 3 is 2.54 bits per heavy atom. The van der Waals surface area contributed by atoms with Gasteiger partial charge in [-0.15, -0.1) is 0 Å². The van der Waals surface area contributed by atoms with Gasteiger partial charge in [-0.2, -0.15) is 0 Å². The van der Waals surface area contributed by atoms with Crippen molar-refractivity contribution in [1.82, 2.24) is 0 Å². The number of allylic oxidation sites excluding steroid dienone is 1. The topological polar surface area (TPSA) is 73.1 Å². The van der Waals surface area contributed by atoms with E-state index in [1.807, 2.05) is 6.92 Å². The van der Waals surface area contributed by atoms with Crippen LogP contribution in [0, 0.1) is 28.6 Å². The molecule has 0 aromatic carbocycles. The summed E-state index contributed by atoms with van der Waals surface area (Å²) in [6.07, 6.45) is 8.88. The second-order valence-electron chi connectivity index (χ2n) is 9.44. The Balaban J connectivity index is 1.72. The summed E-state index contributed by atoms with van der Waals surface area (Å²) in [5, 5.41) is 34.0. The van der Waals surface area contributed by atoms with E-state index in [2.05, 4.69) is 25.1 Å². The van der Waals surface area contributed by atoms with Crippen molar-refractivity contribution < 1.29 is 15.4 Å². The van der Waals surface area contributed by atoms with Gasteiger partial charge in [0, 0.05) is 5.41 Å². The van der Waals surface area contributed by atoms with Crippen LogP contribution in [0.3, 0.4) is 0 Å². The highest BCUT2D eigenvalue weighted by atomic mass is 16.4. The van der Waals surface area contributed by atoms with E-state index >= 15 is 0 Å². The number of oxime groups is 1. The van der Waals surface area contributed by atoms with E-state index < -0.39 is 5.60 Å². The van der Waals surface area contributed by atoms with Crippen LogP contribution in [0.2, 0.25) is 0 Å². The van der Waals surface area contributed by atoms with E-state index in [0.717, 1.165) is 38.5 Å². The van der Waals surface area contributed by atoms with Crippen LogP contribution in [0.1, 0.15) is 65.7 Å². The molecule has 24 heavy (non-hydrogen) atoms. The molecule has 4 rings (SSSR count). The van der Waals surface area contributed by atoms with Crippen molar-refractivity contribution in [3.05, 3.63) is 11.6 Å². The molecule has 0 unspecified atom stereocenters. The highest BCUT2D eigenvalue weighted by Crippen LogP contribution is 2.66. The number of nitrogens with zero attached hydrogens (tertiary/aromatic N) is 1. The molecule has 0 saturated heterocycles. The maximum absolute atomic E-state index is 11.1. The average Bonchev–Trinajstić information content (AvgIpc) is 2.74. The minimum absolute atomic E-state index is 0.171. The summed E-state index contributed by atoms with van der Waals surface area (Å²) >= 11 is 0. The predicted octanol–water partition coefficient (Wildman–Crippen LogP) is 3.50. The molecule has 0 bridgehead atoms. The zero-order valence-electron chi connectivity index (χ0n) is 15.1. The Morgan fingerprint density at radius 2 is 1.83 bits per heavy atom. The smallest absolute Gasteiger partial charge is 0.109 e. The van der Waals surface area contributed by atoms with Crippen molar-refractivity contribution in [2.24, 2.45) is 33.7 Å². The van der Waals surface area contributed by atoms with Crippen molar-refractivity contribution in [1.29, 1.82) is 0 Å². The lowest BCUT2D eigenvalue weighted by Crippen LogP contribution is -2.54. The van der Waals surface area contributed by atoms with E-state index in [9.17, 15) is 15.4 Å². The molecule has 4 heteroatoms. The minimum atomic E-state index is -1.01. The van der Waals surface area contributed by atoms with Crippen LogP contribution in [0.4, 0.5) is 0 Å². The molecule has 0 aromatic rings. The van der Waals surface area contributed by atoms with Gasteiger partial charge in [0.2, 0.25) is 0 Å². The summed E-state index contributed by atoms with van der Waals surface area (Å²) < 4.78 is 0. The number of aliphatic hydroxyl groups is 2. The highest BCUT2D eigenvalue weighted by molar-refractivity contribution is 5.95. The van der Waals surface area contributed by atoms with E-state index in [1.54, 1.807) is 0 Å². The molecule has 0 aromatic heterocycles. The quantitative estimate of drug-likeness (QED) is 0.361. The number of hydrogen-bond donors (Lipinski definition) is 3. The van der Waals surface area contributed by atoms with Gasteiger partial charge in [-0.05, 0) is 75.0 Å². The summed E-state index contributed by atoms with van der Waals surface area (Å²) in [4.78, 5) is 0. The average molecular weight is 333 g/mol. The highest BCUT2D eigenvalue weighted by Gasteiger charge is 2.64. The first kappa shape index (κ1) is 16.6. The molecule has 3 fully saturated rings. The van der Waals surface area contributed by atoms with E-state index in [4.69, 9.17) is 0 Å². The lowest BCUT2D eigenvalue weighted by atomic mass is 9.47. The van der Waals surface area contributed by atoms with Gasteiger partial charge in [-0.3, -0.25) is 0 Å². The van der Waals surface area contributed by atoms with Crippen LogP contribution in [0.5, 0.6) is 0 Å². The molecule has 7 atom stereocenters. The maximum atomic E-state index is 11.1. The molecular weight excluding hydrogens is 302 g/mol. The third-order valence-electron chi connectivity index (χ3n) is 8.68. The van der Waals surface area contributed by atoms with E-state index in [0.29, 0.717) is 29.9 Å². The van der Waals surface area contributed by atoms with Crippen LogP contribution in [0.15, 0.2) is 16.8 Å². The summed E-state index contributed by atoms with van der Waals surface area (Å²) in [6.45, 7) is 6.43. The molecule has 4 aliphatic carbocycles. The van der Waals surface area contributed by atoms with Crippen molar-refractivity contribution in [3.8, 4) is 0 Å². The van der Waals surface area contributed by atoms with Gasteiger partial charge in [0.15, 0.2) is 0 Å². The van der Waals surface area contributed by atoms with Crippen LogP contribution < -0.4 is 0 Å². The molecule has 0 radical (unpaired) electrons. The van der Waals surface area contributed by atoms with Gasteiger partial charge in [-0.1, -0.05) is 30.7 Å². The Bertz CT molecular complexity index is 610. The summed E-state index contributed by atoms with van der Waals surface area (Å²) in [6, 6.07) is 0. The van der Waals surface area contributed by atoms with Crippen molar-refractivity contribution >= 4 is 5.71 Å². The van der Waals surface area contributed by atoms with Gasteiger partial charge in [0.25, 0.3) is 0 Å². The molecule has 134 valence electrons. The van der Waals surface area contributed by atoms with E-state index in [1.165, 1.54) is 5.57 Å². The molecule has 0 heterocycles. The number of aliphatic hydroxyl groups excluding tert-OH is 1. The Labute approximate surface area is 144 Å². The van der Waals surface area contributed by atoms with Gasteiger partial charge < -0.3 is 15.4 Å². The van der Waals surface area contributed by atoms with Crippen LogP contribution in [-0.2, 0) is 0 Å². The standard InChI is InChI=1S/C20H31NO3/c1-18-8-6-13(22)10-12(18)4-5-14-15(18)7-9-19(2)16(14)11-17(21-24)20(19,3)23/h4,13-16,22-24H,5-11H2,1-3H3/b21-17+/t13-,14+,15-,16-,18-,19-,20-/m0/s1. The normalized spacial score (nSPS) is 55.5. The predicted molar refractivity (Wildman–Crippen MR) is 92.9 cm³/mol. The number of fused-ring (bicyclic) bond motifs is 5. The number of hydrogen-bond acceptors (Lipinski definition) is 4. The first-order chi connectivity index (χ1) is 11.2. The fraction of sp³-hybridized carbons (Fsp3) is 0.850. The zero-order chi connectivity index (χ0) is 17.3. The first-order valence-electron chi connectivity index (χ1n) is 9.55. The van der Waals surface area contributed by atoms with Crippen LogP contribution in [-0.4, -0.2) is 32.8 Å². The SMILES string of the molecule is C[C@]12CC[C@H](O)CC1=CC[C@@H]1[C@@H]2CC[C@@]2(C)[C@H]1C/C(=N\O)[C@]2(C)O. The van der Waals surface area contributed by atoms with Gasteiger partial charge in [0.1, 0.15) is 5.60 Å². The molecule has 0 spiro atoms. The molecule has 0 aliphatic heterocycles. The van der Waals surface area contributed by atoms with E-state index in [-0.39, 0.29) is 16.9 Å². The van der Waals surface area contributed by atoms with Crippen molar-refractivity contribution in [2.45, 2.75) is 77.4 Å². The van der Waals surface area contributed by atoms with Gasteiger partial charge in [0.05, 0.1) is 11.8 Å². The molecular formula is C20H31NO3. The maximum Gasteiger partial charge on any atom is 0.109 e. The zero-order valence-corrected chi connectivity index (χ0v) is 15.1. The third-order valence-corrected chi connectivity index (χ3v) is 8.68. The molecule has 0 amide bonds. The van der Waals surface area contributed by atoms with Gasteiger partial charge >= 0.3 is 0 Å². The largest absolute Gasteiger partial charge is 0.411 e. The van der Waals surface area contributed by atoms with Crippen LogP contribution in [0.25, 0.3) is 0 Å². The molecule has 4 nitrogen and oxygen atoms in total. The monoisotopic (exact) mass is 333 g/mol.